The molecule has 2 amide bonds. The van der Waals surface area contributed by atoms with E-state index in [9.17, 15) is 9.59 Å². The summed E-state index contributed by atoms with van der Waals surface area (Å²) < 4.78 is 10.6. The highest BCUT2D eigenvalue weighted by atomic mass is 16.5. The number of aryl methyl sites for hydroxylation is 1. The van der Waals surface area contributed by atoms with Crippen molar-refractivity contribution in [2.45, 2.75) is 26.8 Å². The Balaban J connectivity index is 1.71. The maximum atomic E-state index is 13.1. The molecule has 0 saturated carbocycles. The number of amides is 2. The van der Waals surface area contributed by atoms with Gasteiger partial charge < -0.3 is 19.3 Å². The van der Waals surface area contributed by atoms with Crippen LogP contribution in [0.1, 0.15) is 24.5 Å². The van der Waals surface area contributed by atoms with Crippen LogP contribution >= 0.6 is 0 Å². The van der Waals surface area contributed by atoms with Gasteiger partial charge in [-0.3, -0.25) is 9.59 Å². The summed E-state index contributed by atoms with van der Waals surface area (Å²) in [6, 6.07) is 13.5. The maximum absolute atomic E-state index is 13.1. The number of methoxy groups -OCH3 is 2. The predicted molar refractivity (Wildman–Crippen MR) is 112 cm³/mol. The molecule has 3 rings (SSSR count). The Bertz CT molecular complexity index is 879. The van der Waals surface area contributed by atoms with E-state index in [0.29, 0.717) is 31.1 Å². The SMILES string of the molecule is CCN(Cc1ccc(OC)c(OC)c1)C(=O)C1CC(=O)N(c2ccc(C)cc2)C1. The van der Waals surface area contributed by atoms with Crippen LogP contribution in [0.15, 0.2) is 42.5 Å². The molecule has 2 aromatic rings. The molecule has 2 aromatic carbocycles. The van der Waals surface area contributed by atoms with Crippen molar-refractivity contribution >= 4 is 17.5 Å². The zero-order chi connectivity index (χ0) is 21.0. The van der Waals surface area contributed by atoms with E-state index < -0.39 is 0 Å². The average molecular weight is 396 g/mol. The summed E-state index contributed by atoms with van der Waals surface area (Å²) in [4.78, 5) is 29.2. The lowest BCUT2D eigenvalue weighted by atomic mass is 10.1. The Hall–Kier alpha value is -3.02. The Morgan fingerprint density at radius 3 is 2.41 bits per heavy atom. The number of carbonyl (C=O) groups excluding carboxylic acids is 2. The molecule has 1 saturated heterocycles. The highest BCUT2D eigenvalue weighted by Gasteiger charge is 2.37. The minimum atomic E-state index is -0.330. The number of carbonyl (C=O) groups is 2. The van der Waals surface area contributed by atoms with E-state index in [4.69, 9.17) is 9.47 Å². The van der Waals surface area contributed by atoms with Gasteiger partial charge in [0.1, 0.15) is 0 Å². The third-order valence-corrected chi connectivity index (χ3v) is 5.33. The van der Waals surface area contributed by atoms with Gasteiger partial charge in [0.05, 0.1) is 20.1 Å². The first-order valence-corrected chi connectivity index (χ1v) is 9.83. The lowest BCUT2D eigenvalue weighted by Gasteiger charge is -2.25. The second-order valence-electron chi connectivity index (χ2n) is 7.28. The van der Waals surface area contributed by atoms with Crippen LogP contribution in [-0.2, 0) is 16.1 Å². The zero-order valence-corrected chi connectivity index (χ0v) is 17.5. The van der Waals surface area contributed by atoms with Gasteiger partial charge in [0.2, 0.25) is 11.8 Å². The van der Waals surface area contributed by atoms with Gasteiger partial charge in [-0.2, -0.15) is 0 Å². The lowest BCUT2D eigenvalue weighted by Crippen LogP contribution is -2.37. The molecule has 1 aliphatic rings. The lowest BCUT2D eigenvalue weighted by molar-refractivity contribution is -0.136. The van der Waals surface area contributed by atoms with Crippen LogP contribution in [0.4, 0.5) is 5.69 Å². The average Bonchev–Trinajstić information content (AvgIpc) is 3.13. The molecule has 0 radical (unpaired) electrons. The van der Waals surface area contributed by atoms with Crippen LogP contribution in [0.5, 0.6) is 11.5 Å². The number of nitrogens with zero attached hydrogens (tertiary/aromatic N) is 2. The molecule has 1 atom stereocenters. The van der Waals surface area contributed by atoms with Crippen molar-refractivity contribution in [3.63, 3.8) is 0 Å². The first-order chi connectivity index (χ1) is 14.0. The Morgan fingerprint density at radius 2 is 1.79 bits per heavy atom. The molecule has 0 aliphatic carbocycles. The van der Waals surface area contributed by atoms with Gasteiger partial charge in [-0.1, -0.05) is 23.8 Å². The minimum Gasteiger partial charge on any atom is -0.493 e. The zero-order valence-electron chi connectivity index (χ0n) is 17.5. The predicted octanol–water partition coefficient (Wildman–Crippen LogP) is 3.41. The number of ether oxygens (including phenoxy) is 2. The molecule has 29 heavy (non-hydrogen) atoms. The smallest absolute Gasteiger partial charge is 0.228 e. The van der Waals surface area contributed by atoms with Crippen molar-refractivity contribution in [2.24, 2.45) is 5.92 Å². The fraction of sp³-hybridized carbons (Fsp3) is 0.391. The number of rotatable bonds is 7. The molecule has 6 nitrogen and oxygen atoms in total. The van der Waals surface area contributed by atoms with Crippen LogP contribution in [-0.4, -0.2) is 44.0 Å². The van der Waals surface area contributed by atoms with E-state index in [0.717, 1.165) is 16.8 Å². The number of anilines is 1. The van der Waals surface area contributed by atoms with Crippen molar-refractivity contribution in [3.05, 3.63) is 53.6 Å². The fourth-order valence-electron chi connectivity index (χ4n) is 3.65. The monoisotopic (exact) mass is 396 g/mol. The standard InChI is InChI=1S/C23H28N2O4/c1-5-24(14-17-8-11-20(28-3)21(12-17)29-4)23(27)18-13-22(26)25(15-18)19-9-6-16(2)7-10-19/h6-12,18H,5,13-15H2,1-4H3. The first kappa shape index (κ1) is 20.7. The van der Waals surface area contributed by atoms with Gasteiger partial charge >= 0.3 is 0 Å². The number of hydrogen-bond donors (Lipinski definition) is 0. The highest BCUT2D eigenvalue weighted by molar-refractivity contribution is 6.00. The van der Waals surface area contributed by atoms with Gasteiger partial charge in [-0.25, -0.2) is 0 Å². The Labute approximate surface area is 172 Å². The summed E-state index contributed by atoms with van der Waals surface area (Å²) >= 11 is 0. The number of benzene rings is 2. The second-order valence-corrected chi connectivity index (χ2v) is 7.28. The minimum absolute atomic E-state index is 0.00486. The van der Waals surface area contributed by atoms with Gasteiger partial charge in [-0.15, -0.1) is 0 Å². The van der Waals surface area contributed by atoms with E-state index in [-0.39, 0.29) is 24.2 Å². The van der Waals surface area contributed by atoms with Crippen molar-refractivity contribution in [2.75, 3.05) is 32.2 Å². The summed E-state index contributed by atoms with van der Waals surface area (Å²) in [7, 11) is 3.19. The van der Waals surface area contributed by atoms with Crippen molar-refractivity contribution in [1.82, 2.24) is 4.90 Å². The molecule has 0 spiro atoms. The van der Waals surface area contributed by atoms with Crippen molar-refractivity contribution < 1.29 is 19.1 Å². The van der Waals surface area contributed by atoms with Crippen LogP contribution < -0.4 is 14.4 Å². The topological polar surface area (TPSA) is 59.1 Å². The summed E-state index contributed by atoms with van der Waals surface area (Å²) in [5.41, 5.74) is 2.94. The van der Waals surface area contributed by atoms with Crippen molar-refractivity contribution in [1.29, 1.82) is 0 Å². The summed E-state index contributed by atoms with van der Waals surface area (Å²) in [6.07, 6.45) is 0.245. The van der Waals surface area contributed by atoms with Crippen LogP contribution in [0.2, 0.25) is 0 Å². The molecule has 6 heteroatoms. The maximum Gasteiger partial charge on any atom is 0.228 e. The van der Waals surface area contributed by atoms with Crippen LogP contribution in [0, 0.1) is 12.8 Å². The third-order valence-electron chi connectivity index (χ3n) is 5.33. The summed E-state index contributed by atoms with van der Waals surface area (Å²) in [6.45, 7) is 5.42. The molecule has 0 aromatic heterocycles. The highest BCUT2D eigenvalue weighted by Crippen LogP contribution is 2.30. The third kappa shape index (κ3) is 4.53. The molecule has 0 N–H and O–H groups in total. The van der Waals surface area contributed by atoms with Gasteiger partial charge in [-0.05, 0) is 43.7 Å². The molecule has 1 fully saturated rings. The van der Waals surface area contributed by atoms with Crippen LogP contribution in [0.25, 0.3) is 0 Å². The molecule has 154 valence electrons. The molecular formula is C23H28N2O4. The van der Waals surface area contributed by atoms with Crippen LogP contribution in [0.3, 0.4) is 0 Å². The summed E-state index contributed by atoms with van der Waals surface area (Å²) in [5.74, 6) is 0.958. The van der Waals surface area contributed by atoms with Crippen molar-refractivity contribution in [3.8, 4) is 11.5 Å². The van der Waals surface area contributed by atoms with Gasteiger partial charge in [0.15, 0.2) is 11.5 Å². The van der Waals surface area contributed by atoms with E-state index in [2.05, 4.69) is 0 Å². The Kier molecular flexibility index (Phi) is 6.42. The van der Waals surface area contributed by atoms with E-state index in [1.165, 1.54) is 0 Å². The van der Waals surface area contributed by atoms with E-state index >= 15 is 0 Å². The molecule has 1 heterocycles. The molecule has 0 bridgehead atoms. The van der Waals surface area contributed by atoms with E-state index in [1.807, 2.05) is 56.3 Å². The quantitative estimate of drug-likeness (QED) is 0.720. The normalized spacial score (nSPS) is 16.1. The fourth-order valence-corrected chi connectivity index (χ4v) is 3.65. The molecular weight excluding hydrogens is 368 g/mol. The van der Waals surface area contributed by atoms with Gasteiger partial charge in [0.25, 0.3) is 0 Å². The second kappa shape index (κ2) is 8.99. The number of hydrogen-bond acceptors (Lipinski definition) is 4. The van der Waals surface area contributed by atoms with E-state index in [1.54, 1.807) is 24.0 Å². The summed E-state index contributed by atoms with van der Waals surface area (Å²) in [5, 5.41) is 0. The first-order valence-electron chi connectivity index (χ1n) is 9.83. The molecule has 1 aliphatic heterocycles. The molecule has 1 unspecified atom stereocenters. The van der Waals surface area contributed by atoms with Gasteiger partial charge in [0, 0.05) is 31.7 Å². The largest absolute Gasteiger partial charge is 0.493 e. The Morgan fingerprint density at radius 1 is 1.10 bits per heavy atom.